The summed E-state index contributed by atoms with van der Waals surface area (Å²) < 4.78 is 44.1. The number of methoxy groups -OCH3 is 1. The number of anilines is 2. The third-order valence-corrected chi connectivity index (χ3v) is 6.29. The van der Waals surface area contributed by atoms with Crippen molar-refractivity contribution >= 4 is 23.3 Å². The first kappa shape index (κ1) is 22.9. The summed E-state index contributed by atoms with van der Waals surface area (Å²) in [6.45, 7) is 0.186. The number of hydrogen-bond acceptors (Lipinski definition) is 4. The molecule has 2 heterocycles. The molecule has 2 aliphatic rings. The molecule has 0 radical (unpaired) electrons. The zero-order valence-corrected chi connectivity index (χ0v) is 18.2. The van der Waals surface area contributed by atoms with E-state index in [1.807, 2.05) is 0 Å². The minimum Gasteiger partial charge on any atom is -0.481 e. The van der Waals surface area contributed by atoms with Gasteiger partial charge in [-0.25, -0.2) is 9.78 Å². The van der Waals surface area contributed by atoms with E-state index in [2.05, 4.69) is 10.3 Å². The molecule has 0 unspecified atom stereocenters. The Labute approximate surface area is 189 Å². The zero-order valence-electron chi connectivity index (χ0n) is 18.2. The molecule has 2 fully saturated rings. The molecule has 1 spiro atoms. The maximum absolute atomic E-state index is 13.4. The summed E-state index contributed by atoms with van der Waals surface area (Å²) in [6, 6.07) is 7.55. The number of halogens is 3. The molecule has 1 aromatic carbocycles. The summed E-state index contributed by atoms with van der Waals surface area (Å²) in [4.78, 5) is 33.5. The van der Waals surface area contributed by atoms with Crippen molar-refractivity contribution in [3.63, 3.8) is 0 Å². The van der Waals surface area contributed by atoms with E-state index in [0.29, 0.717) is 18.1 Å². The van der Waals surface area contributed by atoms with Crippen LogP contribution in [0.2, 0.25) is 0 Å². The molecule has 2 aromatic rings. The second-order valence-electron chi connectivity index (χ2n) is 8.43. The van der Waals surface area contributed by atoms with E-state index in [1.165, 1.54) is 19.2 Å². The predicted octanol–water partition coefficient (Wildman–Crippen LogP) is 4.69. The first-order valence-corrected chi connectivity index (χ1v) is 10.8. The number of carbonyl (C=O) groups is 2. The fourth-order valence-corrected chi connectivity index (χ4v) is 4.64. The van der Waals surface area contributed by atoms with Crippen LogP contribution in [0.5, 0.6) is 5.88 Å². The topological polar surface area (TPSA) is 74.8 Å². The second-order valence-corrected chi connectivity index (χ2v) is 8.43. The zero-order chi connectivity index (χ0) is 23.6. The normalized spacial score (nSPS) is 18.0. The molecule has 0 bridgehead atoms. The number of benzene rings is 1. The van der Waals surface area contributed by atoms with E-state index in [9.17, 15) is 22.8 Å². The lowest BCUT2D eigenvalue weighted by Crippen LogP contribution is -2.51. The standard InChI is InChI=1S/C23H25F3N4O3/c1-33-20-9-8-18(13-27-20)29-15-22(10-3-2-4-11-22)30(21(29)32)14-19(31)28-17-7-5-6-16(12-17)23(24,25)26/h5-9,12-13H,2-4,10-11,14-15H2,1H3,(H,28,31). The summed E-state index contributed by atoms with van der Waals surface area (Å²) in [5, 5.41) is 2.51. The van der Waals surface area contributed by atoms with Crippen LogP contribution in [0.3, 0.4) is 0 Å². The summed E-state index contributed by atoms with van der Waals surface area (Å²) in [6.07, 6.45) is 1.50. The van der Waals surface area contributed by atoms with Gasteiger partial charge in [-0.1, -0.05) is 25.3 Å². The van der Waals surface area contributed by atoms with E-state index in [4.69, 9.17) is 4.74 Å². The van der Waals surface area contributed by atoms with Crippen LogP contribution in [0.4, 0.5) is 29.3 Å². The number of alkyl halides is 3. The Morgan fingerprint density at radius 3 is 2.58 bits per heavy atom. The lowest BCUT2D eigenvalue weighted by molar-refractivity contribution is -0.137. The van der Waals surface area contributed by atoms with Crippen molar-refractivity contribution in [2.75, 3.05) is 30.4 Å². The number of hydrogen-bond donors (Lipinski definition) is 1. The molecule has 7 nitrogen and oxygen atoms in total. The Morgan fingerprint density at radius 2 is 1.94 bits per heavy atom. The van der Waals surface area contributed by atoms with Gasteiger partial charge in [0.15, 0.2) is 0 Å². The Morgan fingerprint density at radius 1 is 1.18 bits per heavy atom. The average molecular weight is 462 g/mol. The monoisotopic (exact) mass is 462 g/mol. The molecule has 33 heavy (non-hydrogen) atoms. The number of nitrogens with zero attached hydrogens (tertiary/aromatic N) is 3. The maximum atomic E-state index is 13.4. The van der Waals surface area contributed by atoms with Gasteiger partial charge < -0.3 is 15.0 Å². The number of aromatic nitrogens is 1. The van der Waals surface area contributed by atoms with E-state index >= 15 is 0 Å². The van der Waals surface area contributed by atoms with Gasteiger partial charge in [-0.2, -0.15) is 13.2 Å². The van der Waals surface area contributed by atoms with Gasteiger partial charge in [0.05, 0.1) is 36.6 Å². The van der Waals surface area contributed by atoms with Crippen LogP contribution in [0.25, 0.3) is 0 Å². The first-order chi connectivity index (χ1) is 15.7. The van der Waals surface area contributed by atoms with Crippen LogP contribution in [-0.2, 0) is 11.0 Å². The van der Waals surface area contributed by atoms with E-state index in [1.54, 1.807) is 28.1 Å². The van der Waals surface area contributed by atoms with Crippen LogP contribution in [-0.4, -0.2) is 47.6 Å². The van der Waals surface area contributed by atoms with Gasteiger partial charge >= 0.3 is 12.2 Å². The molecule has 1 aromatic heterocycles. The van der Waals surface area contributed by atoms with Gasteiger partial charge in [-0.3, -0.25) is 9.69 Å². The third-order valence-electron chi connectivity index (χ3n) is 6.29. The number of carbonyl (C=O) groups excluding carboxylic acids is 2. The summed E-state index contributed by atoms with van der Waals surface area (Å²) >= 11 is 0. The number of pyridine rings is 1. The minimum atomic E-state index is -4.51. The lowest BCUT2D eigenvalue weighted by Gasteiger charge is -2.39. The highest BCUT2D eigenvalue weighted by Gasteiger charge is 2.50. The number of rotatable bonds is 5. The molecule has 1 saturated carbocycles. The molecule has 1 N–H and O–H groups in total. The summed E-state index contributed by atoms with van der Waals surface area (Å²) in [5.74, 6) is -0.113. The molecule has 1 aliphatic heterocycles. The van der Waals surface area contributed by atoms with Crippen LogP contribution in [0.15, 0.2) is 42.6 Å². The van der Waals surface area contributed by atoms with Gasteiger partial charge in [0, 0.05) is 11.8 Å². The predicted molar refractivity (Wildman–Crippen MR) is 116 cm³/mol. The highest BCUT2D eigenvalue weighted by Crippen LogP contribution is 2.41. The van der Waals surface area contributed by atoms with Gasteiger partial charge in [0.25, 0.3) is 0 Å². The van der Waals surface area contributed by atoms with Crippen molar-refractivity contribution in [3.8, 4) is 5.88 Å². The van der Waals surface area contributed by atoms with Crippen molar-refractivity contribution in [1.29, 1.82) is 0 Å². The van der Waals surface area contributed by atoms with E-state index in [0.717, 1.165) is 44.2 Å². The third kappa shape index (κ3) is 4.74. The Bertz CT molecular complexity index is 1020. The minimum absolute atomic E-state index is 0.0374. The number of urea groups is 1. The SMILES string of the molecule is COc1ccc(N2CC3(CCCCC3)N(CC(=O)Nc3cccc(C(F)(F)F)c3)C2=O)cn1. The summed E-state index contributed by atoms with van der Waals surface area (Å²) in [7, 11) is 1.50. The number of amides is 3. The van der Waals surface area contributed by atoms with Crippen molar-refractivity contribution in [2.24, 2.45) is 0 Å². The van der Waals surface area contributed by atoms with E-state index < -0.39 is 23.2 Å². The fraction of sp³-hybridized carbons (Fsp3) is 0.435. The van der Waals surface area contributed by atoms with Crippen molar-refractivity contribution in [2.45, 2.75) is 43.8 Å². The molecule has 3 amide bonds. The average Bonchev–Trinajstić information content (AvgIpc) is 3.05. The quantitative estimate of drug-likeness (QED) is 0.700. The van der Waals surface area contributed by atoms with Crippen molar-refractivity contribution < 1.29 is 27.5 Å². The molecule has 1 saturated heterocycles. The molecule has 10 heteroatoms. The van der Waals surface area contributed by atoms with Crippen LogP contribution in [0, 0.1) is 0 Å². The maximum Gasteiger partial charge on any atom is 0.416 e. The molecule has 176 valence electrons. The van der Waals surface area contributed by atoms with E-state index in [-0.39, 0.29) is 18.3 Å². The van der Waals surface area contributed by atoms with Crippen molar-refractivity contribution in [1.82, 2.24) is 9.88 Å². The van der Waals surface area contributed by atoms with Crippen LogP contribution >= 0.6 is 0 Å². The molecule has 1 aliphatic carbocycles. The molecular formula is C23H25F3N4O3. The smallest absolute Gasteiger partial charge is 0.416 e. The van der Waals surface area contributed by atoms with Gasteiger partial charge in [0.1, 0.15) is 6.54 Å². The first-order valence-electron chi connectivity index (χ1n) is 10.8. The largest absolute Gasteiger partial charge is 0.481 e. The van der Waals surface area contributed by atoms with Crippen molar-refractivity contribution in [3.05, 3.63) is 48.2 Å². The fourth-order valence-electron chi connectivity index (χ4n) is 4.64. The van der Waals surface area contributed by atoms with Crippen LogP contribution < -0.4 is 15.0 Å². The molecular weight excluding hydrogens is 437 g/mol. The van der Waals surface area contributed by atoms with Crippen LogP contribution in [0.1, 0.15) is 37.7 Å². The summed E-state index contributed by atoms with van der Waals surface area (Å²) in [5.41, 5.74) is -0.707. The Balaban J connectivity index is 1.54. The Kier molecular flexibility index (Phi) is 6.18. The Hall–Kier alpha value is -3.30. The van der Waals surface area contributed by atoms with Gasteiger partial charge in [-0.15, -0.1) is 0 Å². The molecule has 4 rings (SSSR count). The van der Waals surface area contributed by atoms with Gasteiger partial charge in [0.2, 0.25) is 11.8 Å². The molecule has 0 atom stereocenters. The number of nitrogens with one attached hydrogen (secondary N) is 1. The van der Waals surface area contributed by atoms with Gasteiger partial charge in [-0.05, 0) is 37.1 Å². The number of ether oxygens (including phenoxy) is 1. The second kappa shape index (κ2) is 8.92. The highest BCUT2D eigenvalue weighted by atomic mass is 19.4. The highest BCUT2D eigenvalue weighted by molar-refractivity contribution is 6.00. The lowest BCUT2D eigenvalue weighted by atomic mass is 9.81.